The maximum absolute atomic E-state index is 12.6. The number of carbonyl (C=O) groups excluding carboxylic acids is 1. The summed E-state index contributed by atoms with van der Waals surface area (Å²) in [6.07, 6.45) is 7.26. The van der Waals surface area contributed by atoms with Crippen LogP contribution in [0.2, 0.25) is 5.02 Å². The van der Waals surface area contributed by atoms with Crippen LogP contribution in [0.25, 0.3) is 0 Å². The van der Waals surface area contributed by atoms with Crippen molar-refractivity contribution in [2.45, 2.75) is 25.3 Å². The number of rotatable bonds is 6. The number of benzene rings is 1. The molecule has 7 heteroatoms. The van der Waals surface area contributed by atoms with Crippen molar-refractivity contribution in [1.82, 2.24) is 14.9 Å². The van der Waals surface area contributed by atoms with Gasteiger partial charge in [-0.3, -0.25) is 9.78 Å². The molecule has 6 nitrogen and oxygen atoms in total. The zero-order valence-corrected chi connectivity index (χ0v) is 16.0. The van der Waals surface area contributed by atoms with Crippen LogP contribution in [0.4, 0.5) is 0 Å². The molecule has 3 heterocycles. The van der Waals surface area contributed by atoms with Gasteiger partial charge in [-0.2, -0.15) is 0 Å². The van der Waals surface area contributed by atoms with Gasteiger partial charge < -0.3 is 14.1 Å². The molecule has 0 bridgehead atoms. The van der Waals surface area contributed by atoms with Gasteiger partial charge in [0.25, 0.3) is 5.91 Å². The van der Waals surface area contributed by atoms with Crippen molar-refractivity contribution in [3.8, 4) is 5.75 Å². The van der Waals surface area contributed by atoms with Crippen LogP contribution >= 0.6 is 11.6 Å². The molecule has 1 saturated heterocycles. The summed E-state index contributed by atoms with van der Waals surface area (Å²) < 4.78 is 11.5. The second-order valence-corrected chi connectivity index (χ2v) is 7.06. The number of nitrogens with zero attached hydrogens (tertiary/aromatic N) is 3. The SMILES string of the molecule is O=C(COc1cccnc1)N1CCCC1c1ncc(Cc2ccccc2Cl)o1. The van der Waals surface area contributed by atoms with Gasteiger partial charge in [-0.15, -0.1) is 0 Å². The van der Waals surface area contributed by atoms with Gasteiger partial charge in [0, 0.05) is 24.2 Å². The molecular weight excluding hydrogens is 378 g/mol. The molecule has 1 aliphatic heterocycles. The van der Waals surface area contributed by atoms with E-state index in [9.17, 15) is 4.79 Å². The first-order chi connectivity index (χ1) is 13.7. The molecule has 1 fully saturated rings. The number of likely N-dealkylation sites (tertiary alicyclic amines) is 1. The Hall–Kier alpha value is -2.86. The number of oxazole rings is 1. The first kappa shape index (κ1) is 18.5. The molecule has 0 N–H and O–H groups in total. The smallest absolute Gasteiger partial charge is 0.261 e. The number of amides is 1. The van der Waals surface area contributed by atoms with Crippen LogP contribution in [0.3, 0.4) is 0 Å². The summed E-state index contributed by atoms with van der Waals surface area (Å²) in [5, 5.41) is 0.700. The molecule has 0 saturated carbocycles. The van der Waals surface area contributed by atoms with Gasteiger partial charge >= 0.3 is 0 Å². The number of hydrogen-bond donors (Lipinski definition) is 0. The fourth-order valence-corrected chi connectivity index (χ4v) is 3.57. The lowest BCUT2D eigenvalue weighted by atomic mass is 10.1. The highest BCUT2D eigenvalue weighted by Gasteiger charge is 2.33. The van der Waals surface area contributed by atoms with Crippen molar-refractivity contribution in [3.05, 3.63) is 77.2 Å². The molecule has 144 valence electrons. The Morgan fingerprint density at radius 3 is 2.96 bits per heavy atom. The quantitative estimate of drug-likeness (QED) is 0.627. The van der Waals surface area contributed by atoms with E-state index < -0.39 is 0 Å². The van der Waals surface area contributed by atoms with Crippen LogP contribution in [-0.2, 0) is 11.2 Å². The van der Waals surface area contributed by atoms with Crippen molar-refractivity contribution < 1.29 is 13.9 Å². The molecule has 3 aromatic rings. The highest BCUT2D eigenvalue weighted by molar-refractivity contribution is 6.31. The van der Waals surface area contributed by atoms with E-state index in [0.717, 1.165) is 24.2 Å². The van der Waals surface area contributed by atoms with Gasteiger partial charge in [0.1, 0.15) is 17.6 Å². The predicted molar refractivity (Wildman–Crippen MR) is 104 cm³/mol. The topological polar surface area (TPSA) is 68.5 Å². The number of halogens is 1. The van der Waals surface area contributed by atoms with E-state index in [2.05, 4.69) is 9.97 Å². The van der Waals surface area contributed by atoms with Crippen LogP contribution in [0, 0.1) is 0 Å². The Bertz CT molecular complexity index is 945. The third kappa shape index (κ3) is 4.17. The Morgan fingerprint density at radius 2 is 2.14 bits per heavy atom. The van der Waals surface area contributed by atoms with E-state index in [1.807, 2.05) is 24.3 Å². The van der Waals surface area contributed by atoms with Gasteiger partial charge in [0.05, 0.1) is 12.4 Å². The van der Waals surface area contributed by atoms with Gasteiger partial charge in [-0.05, 0) is 36.6 Å². The minimum absolute atomic E-state index is 0.0324. The number of aromatic nitrogens is 2. The minimum Gasteiger partial charge on any atom is -0.482 e. The molecule has 28 heavy (non-hydrogen) atoms. The molecule has 1 amide bonds. The summed E-state index contributed by atoms with van der Waals surface area (Å²) in [4.78, 5) is 22.8. The maximum atomic E-state index is 12.6. The highest BCUT2D eigenvalue weighted by atomic mass is 35.5. The summed E-state index contributed by atoms with van der Waals surface area (Å²) in [7, 11) is 0. The number of ether oxygens (including phenoxy) is 1. The number of hydrogen-bond acceptors (Lipinski definition) is 5. The van der Waals surface area contributed by atoms with Gasteiger partial charge in [0.2, 0.25) is 5.89 Å². The summed E-state index contributed by atoms with van der Waals surface area (Å²) in [6.45, 7) is 0.636. The van der Waals surface area contributed by atoms with Crippen molar-refractivity contribution in [2.75, 3.05) is 13.2 Å². The summed E-state index contributed by atoms with van der Waals surface area (Å²) in [5.74, 6) is 1.78. The zero-order chi connectivity index (χ0) is 19.3. The molecule has 0 spiro atoms. The Balaban J connectivity index is 1.41. The summed E-state index contributed by atoms with van der Waals surface area (Å²) in [6, 6.07) is 11.0. The van der Waals surface area contributed by atoms with E-state index in [-0.39, 0.29) is 18.6 Å². The van der Waals surface area contributed by atoms with Crippen LogP contribution < -0.4 is 4.74 Å². The molecular formula is C21H20ClN3O3. The molecule has 4 rings (SSSR count). The summed E-state index contributed by atoms with van der Waals surface area (Å²) >= 11 is 6.22. The van der Waals surface area contributed by atoms with Gasteiger partial charge in [-0.1, -0.05) is 29.8 Å². The fourth-order valence-electron chi connectivity index (χ4n) is 3.37. The van der Waals surface area contributed by atoms with Crippen molar-refractivity contribution >= 4 is 17.5 Å². The lowest BCUT2D eigenvalue weighted by molar-refractivity contribution is -0.134. The maximum Gasteiger partial charge on any atom is 0.261 e. The Kier molecular flexibility index (Phi) is 5.58. The van der Waals surface area contributed by atoms with E-state index in [4.69, 9.17) is 20.8 Å². The molecule has 2 aromatic heterocycles. The average Bonchev–Trinajstić information content (AvgIpc) is 3.38. The summed E-state index contributed by atoms with van der Waals surface area (Å²) in [5.41, 5.74) is 0.982. The molecule has 1 unspecified atom stereocenters. The third-order valence-electron chi connectivity index (χ3n) is 4.75. The minimum atomic E-state index is -0.162. The second kappa shape index (κ2) is 8.44. The van der Waals surface area contributed by atoms with Gasteiger partial charge in [-0.25, -0.2) is 4.98 Å². The van der Waals surface area contributed by atoms with E-state index in [1.54, 1.807) is 35.6 Å². The standard InChI is InChI=1S/C21H20ClN3O3/c22-18-7-2-1-5-15(18)11-17-13-24-21(28-17)19-8-4-10-25(19)20(26)14-27-16-6-3-9-23-12-16/h1-3,5-7,9,12-13,19H,4,8,10-11,14H2. The van der Waals surface area contributed by atoms with Crippen molar-refractivity contribution in [1.29, 1.82) is 0 Å². The van der Waals surface area contributed by atoms with Crippen LogP contribution in [-0.4, -0.2) is 33.9 Å². The molecule has 1 aliphatic rings. The second-order valence-electron chi connectivity index (χ2n) is 6.66. The lowest BCUT2D eigenvalue weighted by Gasteiger charge is -2.22. The van der Waals surface area contributed by atoms with E-state index >= 15 is 0 Å². The Morgan fingerprint density at radius 1 is 1.25 bits per heavy atom. The largest absolute Gasteiger partial charge is 0.482 e. The highest BCUT2D eigenvalue weighted by Crippen LogP contribution is 2.32. The van der Waals surface area contributed by atoms with E-state index in [1.165, 1.54) is 0 Å². The molecule has 1 atom stereocenters. The number of carbonyl (C=O) groups is 1. The third-order valence-corrected chi connectivity index (χ3v) is 5.12. The van der Waals surface area contributed by atoms with Gasteiger partial charge in [0.15, 0.2) is 6.61 Å². The normalized spacial score (nSPS) is 16.3. The predicted octanol–water partition coefficient (Wildman–Crippen LogP) is 4.06. The van der Waals surface area contributed by atoms with Crippen LogP contribution in [0.1, 0.15) is 36.1 Å². The number of pyridine rings is 1. The lowest BCUT2D eigenvalue weighted by Crippen LogP contribution is -2.34. The average molecular weight is 398 g/mol. The Labute approximate surface area is 168 Å². The van der Waals surface area contributed by atoms with Crippen molar-refractivity contribution in [2.24, 2.45) is 0 Å². The van der Waals surface area contributed by atoms with E-state index in [0.29, 0.717) is 29.6 Å². The fraction of sp³-hybridized carbons (Fsp3) is 0.286. The zero-order valence-electron chi connectivity index (χ0n) is 15.3. The first-order valence-electron chi connectivity index (χ1n) is 9.21. The van der Waals surface area contributed by atoms with Crippen molar-refractivity contribution in [3.63, 3.8) is 0 Å². The van der Waals surface area contributed by atoms with Crippen LogP contribution in [0.15, 0.2) is 59.4 Å². The first-order valence-corrected chi connectivity index (χ1v) is 9.59. The molecule has 0 radical (unpaired) electrons. The molecule has 0 aliphatic carbocycles. The van der Waals surface area contributed by atoms with Crippen LogP contribution in [0.5, 0.6) is 5.75 Å². The monoisotopic (exact) mass is 397 g/mol. The molecule has 1 aromatic carbocycles.